The molecule has 2 unspecified atom stereocenters. The maximum atomic E-state index is 9.80. The molecule has 3 heteroatoms. The van der Waals surface area contributed by atoms with E-state index < -0.39 is 11.7 Å². The van der Waals surface area contributed by atoms with Crippen LogP contribution in [0.4, 0.5) is 0 Å². The second-order valence-corrected chi connectivity index (χ2v) is 4.39. The number of aliphatic hydroxyl groups excluding tert-OH is 1. The van der Waals surface area contributed by atoms with Gasteiger partial charge in [-0.15, -0.1) is 0 Å². The van der Waals surface area contributed by atoms with Crippen LogP contribution in [-0.2, 0) is 9.47 Å². The number of hydrogen-bond acceptors (Lipinski definition) is 3. The maximum absolute atomic E-state index is 9.80. The lowest BCUT2D eigenvalue weighted by molar-refractivity contribution is -0.0866. The topological polar surface area (TPSA) is 42.0 Å². The zero-order chi connectivity index (χ0) is 9.57. The predicted octanol–water partition coefficient (Wildman–Crippen LogP) is 0.950. The Morgan fingerprint density at radius 1 is 1.50 bits per heavy atom. The molecule has 0 aromatic carbocycles. The van der Waals surface area contributed by atoms with Crippen molar-refractivity contribution in [3.63, 3.8) is 0 Å². The van der Waals surface area contributed by atoms with Crippen LogP contribution in [0, 0.1) is 0 Å². The first-order valence-electron chi connectivity index (χ1n) is 4.22. The van der Waals surface area contributed by atoms with Crippen LogP contribution in [0.3, 0.4) is 0 Å². The summed E-state index contributed by atoms with van der Waals surface area (Å²) in [6.45, 7) is 7.64. The van der Waals surface area contributed by atoms with Gasteiger partial charge < -0.3 is 14.6 Å². The lowest BCUT2D eigenvalue weighted by Gasteiger charge is -2.28. The summed E-state index contributed by atoms with van der Waals surface area (Å²) in [5, 5.41) is 9.80. The molecule has 12 heavy (non-hydrogen) atoms. The number of methoxy groups -OCH3 is 1. The minimum Gasteiger partial charge on any atom is -0.387 e. The van der Waals surface area contributed by atoms with E-state index in [-0.39, 0.29) is 11.7 Å². The van der Waals surface area contributed by atoms with Crippen LogP contribution >= 0.6 is 0 Å². The highest BCUT2D eigenvalue weighted by Gasteiger charge is 2.56. The molecule has 1 N–H and O–H groups in total. The van der Waals surface area contributed by atoms with E-state index in [9.17, 15) is 5.11 Å². The Kier molecular flexibility index (Phi) is 2.23. The molecule has 2 atom stereocenters. The highest BCUT2D eigenvalue weighted by molar-refractivity contribution is 5.04. The molecule has 72 valence electrons. The predicted molar refractivity (Wildman–Crippen MR) is 46.0 cm³/mol. The molecule has 0 saturated carbocycles. The van der Waals surface area contributed by atoms with Crippen LogP contribution in [0.15, 0.2) is 0 Å². The second-order valence-electron chi connectivity index (χ2n) is 4.39. The zero-order valence-electron chi connectivity index (χ0n) is 8.42. The van der Waals surface area contributed by atoms with E-state index in [2.05, 4.69) is 0 Å². The normalized spacial score (nSPS) is 30.0. The Hall–Kier alpha value is -0.120. The van der Waals surface area contributed by atoms with E-state index in [1.165, 1.54) is 0 Å². The molecule has 0 spiro atoms. The summed E-state index contributed by atoms with van der Waals surface area (Å²) in [6, 6.07) is 0. The highest BCUT2D eigenvalue weighted by Crippen LogP contribution is 2.41. The fraction of sp³-hybridized carbons (Fsp3) is 1.00. The summed E-state index contributed by atoms with van der Waals surface area (Å²) < 4.78 is 10.5. The highest BCUT2D eigenvalue weighted by atomic mass is 16.6. The number of epoxide rings is 1. The summed E-state index contributed by atoms with van der Waals surface area (Å²) in [5.74, 6) is 0. The van der Waals surface area contributed by atoms with E-state index in [1.54, 1.807) is 7.11 Å². The van der Waals surface area contributed by atoms with Crippen molar-refractivity contribution < 1.29 is 14.6 Å². The maximum Gasteiger partial charge on any atom is 0.115 e. The average Bonchev–Trinajstić information content (AvgIpc) is 2.58. The smallest absolute Gasteiger partial charge is 0.115 e. The van der Waals surface area contributed by atoms with Gasteiger partial charge in [0.2, 0.25) is 0 Å². The van der Waals surface area contributed by atoms with E-state index in [1.807, 2.05) is 27.7 Å². The average molecular weight is 174 g/mol. The van der Waals surface area contributed by atoms with Crippen molar-refractivity contribution in [2.75, 3.05) is 7.11 Å². The molecule has 0 radical (unpaired) electrons. The minimum atomic E-state index is -0.558. The van der Waals surface area contributed by atoms with Crippen LogP contribution in [0.2, 0.25) is 0 Å². The first-order chi connectivity index (χ1) is 5.31. The lowest BCUT2D eigenvalue weighted by atomic mass is 9.93. The first-order valence-corrected chi connectivity index (χ1v) is 4.22. The van der Waals surface area contributed by atoms with Crippen molar-refractivity contribution in [1.82, 2.24) is 0 Å². The van der Waals surface area contributed by atoms with Crippen molar-refractivity contribution in [1.29, 1.82) is 0 Å². The molecule has 1 rings (SSSR count). The molecular weight excluding hydrogens is 156 g/mol. The largest absolute Gasteiger partial charge is 0.387 e. The van der Waals surface area contributed by atoms with E-state index in [0.29, 0.717) is 0 Å². The van der Waals surface area contributed by atoms with Crippen molar-refractivity contribution in [3.8, 4) is 0 Å². The number of ether oxygens (including phenoxy) is 2. The van der Waals surface area contributed by atoms with Gasteiger partial charge in [0.25, 0.3) is 0 Å². The molecule has 0 amide bonds. The van der Waals surface area contributed by atoms with E-state index >= 15 is 0 Å². The molecule has 0 aromatic rings. The molecule has 0 aromatic heterocycles. The van der Waals surface area contributed by atoms with Gasteiger partial charge in [-0.3, -0.25) is 0 Å². The molecule has 1 fully saturated rings. The fourth-order valence-corrected chi connectivity index (χ4v) is 1.22. The molecule has 3 nitrogen and oxygen atoms in total. The number of rotatable bonds is 3. The van der Waals surface area contributed by atoms with Gasteiger partial charge in [0.1, 0.15) is 12.2 Å². The Labute approximate surface area is 73.7 Å². The Bertz CT molecular complexity index is 175. The van der Waals surface area contributed by atoms with Gasteiger partial charge in [-0.25, -0.2) is 0 Å². The van der Waals surface area contributed by atoms with Crippen LogP contribution < -0.4 is 0 Å². The monoisotopic (exact) mass is 174 g/mol. The summed E-state index contributed by atoms with van der Waals surface area (Å²) >= 11 is 0. The van der Waals surface area contributed by atoms with Gasteiger partial charge in [0.15, 0.2) is 0 Å². The number of hydrogen-bond donors (Lipinski definition) is 1. The molecule has 1 heterocycles. The van der Waals surface area contributed by atoms with Crippen molar-refractivity contribution in [2.24, 2.45) is 0 Å². The SMILES string of the molecule is COC(C)(C)C(O)C1OC1(C)C. The van der Waals surface area contributed by atoms with E-state index in [0.717, 1.165) is 0 Å². The first kappa shape index (κ1) is 9.96. The summed E-state index contributed by atoms with van der Waals surface area (Å²) in [4.78, 5) is 0. The van der Waals surface area contributed by atoms with Gasteiger partial charge >= 0.3 is 0 Å². The minimum absolute atomic E-state index is 0.0903. The molecule has 0 bridgehead atoms. The third-order valence-corrected chi connectivity index (χ3v) is 2.58. The Balaban J connectivity index is 2.55. The van der Waals surface area contributed by atoms with Gasteiger partial charge in [0.05, 0.1) is 11.2 Å². The third-order valence-electron chi connectivity index (χ3n) is 2.58. The van der Waals surface area contributed by atoms with Gasteiger partial charge in [-0.1, -0.05) is 0 Å². The quantitative estimate of drug-likeness (QED) is 0.648. The molecule has 0 aliphatic carbocycles. The van der Waals surface area contributed by atoms with Gasteiger partial charge in [-0.05, 0) is 27.7 Å². The summed E-state index contributed by atoms with van der Waals surface area (Å²) in [7, 11) is 1.60. The molecule has 1 saturated heterocycles. The molecule has 1 aliphatic rings. The zero-order valence-corrected chi connectivity index (χ0v) is 8.42. The third kappa shape index (κ3) is 1.63. The molecule has 1 aliphatic heterocycles. The number of aliphatic hydroxyl groups is 1. The Morgan fingerprint density at radius 3 is 2.17 bits per heavy atom. The Morgan fingerprint density at radius 2 is 1.92 bits per heavy atom. The van der Waals surface area contributed by atoms with Crippen LogP contribution in [0.1, 0.15) is 27.7 Å². The van der Waals surface area contributed by atoms with Crippen LogP contribution in [0.25, 0.3) is 0 Å². The van der Waals surface area contributed by atoms with Crippen molar-refractivity contribution in [2.45, 2.75) is 51.1 Å². The molecular formula is C9H18O3. The van der Waals surface area contributed by atoms with E-state index in [4.69, 9.17) is 9.47 Å². The summed E-state index contributed by atoms with van der Waals surface area (Å²) in [6.07, 6.45) is -0.648. The fourth-order valence-electron chi connectivity index (χ4n) is 1.22. The van der Waals surface area contributed by atoms with Crippen molar-refractivity contribution in [3.05, 3.63) is 0 Å². The van der Waals surface area contributed by atoms with Crippen molar-refractivity contribution >= 4 is 0 Å². The van der Waals surface area contributed by atoms with Gasteiger partial charge in [-0.2, -0.15) is 0 Å². The standard InChI is InChI=1S/C9H18O3/c1-8(2,11-5)6(10)7-9(3,4)12-7/h6-7,10H,1-5H3. The lowest BCUT2D eigenvalue weighted by Crippen LogP contribution is -2.43. The second kappa shape index (κ2) is 2.69. The van der Waals surface area contributed by atoms with Gasteiger partial charge in [0, 0.05) is 7.11 Å². The van der Waals surface area contributed by atoms with Crippen LogP contribution in [-0.4, -0.2) is 35.6 Å². The summed E-state index contributed by atoms with van der Waals surface area (Å²) in [5.41, 5.74) is -0.715. The van der Waals surface area contributed by atoms with Crippen LogP contribution in [0.5, 0.6) is 0 Å².